The van der Waals surface area contributed by atoms with Gasteiger partial charge in [0.2, 0.25) is 0 Å². The fraction of sp³-hybridized carbons (Fsp3) is 0.333. The monoisotopic (exact) mass is 264 g/mol. The molecule has 7 heteroatoms. The van der Waals surface area contributed by atoms with Crippen LogP contribution in [0.2, 0.25) is 0 Å². The van der Waals surface area contributed by atoms with Crippen molar-refractivity contribution in [3.8, 4) is 5.75 Å². The van der Waals surface area contributed by atoms with Gasteiger partial charge in [-0.25, -0.2) is 0 Å². The molecule has 19 heavy (non-hydrogen) atoms. The van der Waals surface area contributed by atoms with E-state index in [0.29, 0.717) is 18.5 Å². The van der Waals surface area contributed by atoms with E-state index in [1.54, 1.807) is 22.2 Å². The number of aromatic hydroxyl groups is 1. The molecule has 0 atom stereocenters. The Balaban J connectivity index is 2.27. The summed E-state index contributed by atoms with van der Waals surface area (Å²) in [6, 6.07) is 1.51. The summed E-state index contributed by atoms with van der Waals surface area (Å²) >= 11 is 0. The van der Waals surface area contributed by atoms with Gasteiger partial charge in [-0.3, -0.25) is 21.3 Å². The Morgan fingerprint density at radius 1 is 1.47 bits per heavy atom. The topological polar surface area (TPSA) is 113 Å². The number of aryl methyl sites for hydroxylation is 1. The largest absolute Gasteiger partial charge is 0.505 e. The van der Waals surface area contributed by atoms with Crippen molar-refractivity contribution in [3.05, 3.63) is 34.5 Å². The third kappa shape index (κ3) is 2.54. The summed E-state index contributed by atoms with van der Waals surface area (Å²) in [6.07, 6.45) is 5.01. The number of hydrogen-bond donors (Lipinski definition) is 4. The second-order valence-electron chi connectivity index (χ2n) is 4.43. The average Bonchev–Trinajstić information content (AvgIpc) is 2.72. The van der Waals surface area contributed by atoms with Crippen LogP contribution in [0.1, 0.15) is 12.1 Å². The lowest BCUT2D eigenvalue weighted by atomic mass is 10.2. The summed E-state index contributed by atoms with van der Waals surface area (Å²) in [7, 11) is 1.70. The van der Waals surface area contributed by atoms with Crippen LogP contribution in [0.25, 0.3) is 5.52 Å². The van der Waals surface area contributed by atoms with Gasteiger partial charge in [0.15, 0.2) is 5.52 Å². The Hall–Kier alpha value is -2.44. The van der Waals surface area contributed by atoms with E-state index in [4.69, 9.17) is 11.5 Å². The van der Waals surface area contributed by atoms with Crippen molar-refractivity contribution in [1.82, 2.24) is 8.97 Å². The predicted octanol–water partition coefficient (Wildman–Crippen LogP) is -2.37. The number of hydrogen-bond acceptors (Lipinski definition) is 2. The molecule has 0 saturated carbocycles. The third-order valence-corrected chi connectivity index (χ3v) is 3.06. The predicted molar refractivity (Wildman–Crippen MR) is 71.8 cm³/mol. The standard InChI is InChI=1S/C12H17N5O2/c1-16-8(3-2-5-15-12(13)14)7-17-6-4-9(18)10(17)11(16)19/h4,6-7,18H,2-3,5H2,1H3,(H4,13,14,15)/p+1. The first-order valence-electron chi connectivity index (χ1n) is 6.01. The second-order valence-corrected chi connectivity index (χ2v) is 4.43. The molecule has 7 nitrogen and oxygen atoms in total. The molecule has 0 unspecified atom stereocenters. The number of rotatable bonds is 4. The summed E-state index contributed by atoms with van der Waals surface area (Å²) in [5.74, 6) is 0.194. The lowest BCUT2D eigenvalue weighted by Gasteiger charge is -2.08. The molecular weight excluding hydrogens is 246 g/mol. The number of nitrogens with two attached hydrogens (primary N) is 2. The van der Waals surface area contributed by atoms with Gasteiger partial charge in [-0.15, -0.1) is 0 Å². The minimum absolute atomic E-state index is 0.000628. The normalized spacial score (nSPS) is 10.8. The number of fused-ring (bicyclic) bond motifs is 1. The molecule has 0 spiro atoms. The van der Waals surface area contributed by atoms with Crippen molar-refractivity contribution in [2.45, 2.75) is 12.8 Å². The van der Waals surface area contributed by atoms with Crippen LogP contribution in [0.5, 0.6) is 5.75 Å². The molecule has 0 aliphatic rings. The molecule has 2 heterocycles. The molecule has 0 aliphatic carbocycles. The van der Waals surface area contributed by atoms with E-state index < -0.39 is 0 Å². The van der Waals surface area contributed by atoms with Crippen molar-refractivity contribution in [3.63, 3.8) is 0 Å². The molecule has 0 aliphatic heterocycles. The molecule has 2 rings (SSSR count). The van der Waals surface area contributed by atoms with Crippen LogP contribution < -0.4 is 22.0 Å². The maximum atomic E-state index is 12.1. The van der Waals surface area contributed by atoms with Gasteiger partial charge < -0.3 is 14.1 Å². The molecule has 0 bridgehead atoms. The van der Waals surface area contributed by atoms with Crippen molar-refractivity contribution in [2.75, 3.05) is 6.54 Å². The SMILES string of the molecule is Cn1c(CCC[NH+]=C(N)N)cn2ccc(O)c2c1=O. The molecule has 2 aromatic heterocycles. The van der Waals surface area contributed by atoms with Crippen LogP contribution in [0.15, 0.2) is 23.3 Å². The summed E-state index contributed by atoms with van der Waals surface area (Å²) < 4.78 is 3.19. The number of guanidine groups is 1. The van der Waals surface area contributed by atoms with Crippen molar-refractivity contribution in [2.24, 2.45) is 18.5 Å². The van der Waals surface area contributed by atoms with Gasteiger partial charge in [0.1, 0.15) is 5.75 Å². The van der Waals surface area contributed by atoms with E-state index in [1.165, 1.54) is 6.07 Å². The number of aromatic nitrogens is 2. The van der Waals surface area contributed by atoms with E-state index in [2.05, 4.69) is 4.99 Å². The lowest BCUT2D eigenvalue weighted by Crippen LogP contribution is -2.78. The zero-order valence-corrected chi connectivity index (χ0v) is 10.8. The van der Waals surface area contributed by atoms with Gasteiger partial charge in [0.25, 0.3) is 5.56 Å². The Bertz CT molecular complexity index is 679. The van der Waals surface area contributed by atoms with E-state index in [-0.39, 0.29) is 17.3 Å². The lowest BCUT2D eigenvalue weighted by molar-refractivity contribution is -0.459. The fourth-order valence-electron chi connectivity index (χ4n) is 2.04. The first-order valence-corrected chi connectivity index (χ1v) is 6.01. The highest BCUT2D eigenvalue weighted by Gasteiger charge is 2.10. The second kappa shape index (κ2) is 5.05. The highest BCUT2D eigenvalue weighted by Crippen LogP contribution is 2.16. The highest BCUT2D eigenvalue weighted by molar-refractivity contribution is 5.69. The third-order valence-electron chi connectivity index (χ3n) is 3.06. The Morgan fingerprint density at radius 3 is 2.89 bits per heavy atom. The van der Waals surface area contributed by atoms with Gasteiger partial charge >= 0.3 is 5.96 Å². The van der Waals surface area contributed by atoms with Crippen LogP contribution >= 0.6 is 0 Å². The summed E-state index contributed by atoms with van der Waals surface area (Å²) in [6.45, 7) is 0.644. The van der Waals surface area contributed by atoms with Gasteiger partial charge in [-0.1, -0.05) is 0 Å². The molecule has 0 radical (unpaired) electrons. The van der Waals surface area contributed by atoms with Crippen LogP contribution in [0.3, 0.4) is 0 Å². The molecule has 0 amide bonds. The number of nitrogens with zero attached hydrogens (tertiary/aromatic N) is 2. The van der Waals surface area contributed by atoms with Crippen LogP contribution in [-0.2, 0) is 13.5 Å². The van der Waals surface area contributed by atoms with E-state index >= 15 is 0 Å². The van der Waals surface area contributed by atoms with E-state index in [1.807, 2.05) is 6.20 Å². The smallest absolute Gasteiger partial charge is 0.338 e. The Kier molecular flexibility index (Phi) is 3.46. The maximum absolute atomic E-state index is 12.1. The van der Waals surface area contributed by atoms with Crippen LogP contribution in [-0.4, -0.2) is 26.6 Å². The van der Waals surface area contributed by atoms with Crippen molar-refractivity contribution >= 4 is 11.5 Å². The van der Waals surface area contributed by atoms with E-state index in [9.17, 15) is 9.90 Å². The minimum Gasteiger partial charge on any atom is -0.505 e. The average molecular weight is 264 g/mol. The van der Waals surface area contributed by atoms with Crippen LogP contribution in [0.4, 0.5) is 0 Å². The van der Waals surface area contributed by atoms with Crippen molar-refractivity contribution in [1.29, 1.82) is 0 Å². The molecule has 102 valence electrons. The highest BCUT2D eigenvalue weighted by atomic mass is 16.3. The number of nitrogens with one attached hydrogen (secondary N) is 1. The van der Waals surface area contributed by atoms with Crippen LogP contribution in [0, 0.1) is 0 Å². The molecule has 0 aromatic carbocycles. The Morgan fingerprint density at radius 2 is 2.21 bits per heavy atom. The molecule has 2 aromatic rings. The zero-order valence-electron chi connectivity index (χ0n) is 10.8. The fourth-order valence-corrected chi connectivity index (χ4v) is 2.04. The summed E-state index contributed by atoms with van der Waals surface area (Å²) in [4.78, 5) is 14.9. The minimum atomic E-state index is -0.210. The molecular formula is C12H18N5O2+. The quantitative estimate of drug-likeness (QED) is 0.281. The van der Waals surface area contributed by atoms with Gasteiger partial charge in [-0.05, 0) is 18.9 Å². The first kappa shape index (κ1) is 13.0. The van der Waals surface area contributed by atoms with Gasteiger partial charge in [0.05, 0.1) is 6.54 Å². The summed E-state index contributed by atoms with van der Waals surface area (Å²) in [5.41, 5.74) is 11.6. The van der Waals surface area contributed by atoms with Gasteiger partial charge in [-0.2, -0.15) is 0 Å². The zero-order chi connectivity index (χ0) is 14.0. The Labute approximate surface area is 109 Å². The summed E-state index contributed by atoms with van der Waals surface area (Å²) in [5, 5.41) is 9.61. The molecule has 0 fully saturated rings. The van der Waals surface area contributed by atoms with Crippen molar-refractivity contribution < 1.29 is 10.1 Å². The first-order chi connectivity index (χ1) is 9.00. The molecule has 0 saturated heterocycles. The van der Waals surface area contributed by atoms with Gasteiger partial charge in [0, 0.05) is 25.1 Å². The maximum Gasteiger partial charge on any atom is 0.338 e. The van der Waals surface area contributed by atoms with E-state index in [0.717, 1.165) is 12.1 Å². The molecule has 6 N–H and O–H groups in total.